The average Bonchev–Trinajstić information content (AvgIpc) is 3.06. The first kappa shape index (κ1) is 18.3. The molecule has 6 nitrogen and oxygen atoms in total. The Morgan fingerprint density at radius 3 is 2.61 bits per heavy atom. The van der Waals surface area contributed by atoms with Gasteiger partial charge in [0.05, 0.1) is 11.3 Å². The molecule has 0 bridgehead atoms. The topological polar surface area (TPSA) is 72.1 Å². The SMILES string of the molecule is Cc1ccc(C(=O)N2CCC[C@H](c3ccc(-c4c(C)noc4C)cn3)C2)cn1. The first-order valence-corrected chi connectivity index (χ1v) is 9.64. The molecule has 4 heterocycles. The van der Waals surface area contributed by atoms with Gasteiger partial charge in [0, 0.05) is 53.9 Å². The van der Waals surface area contributed by atoms with E-state index in [1.807, 2.05) is 44.0 Å². The fraction of sp³-hybridized carbons (Fsp3) is 0.364. The number of amides is 1. The fourth-order valence-corrected chi connectivity index (χ4v) is 3.87. The van der Waals surface area contributed by atoms with Crippen LogP contribution in [0.3, 0.4) is 0 Å². The second-order valence-electron chi connectivity index (χ2n) is 7.45. The Hall–Kier alpha value is -3.02. The Morgan fingerprint density at radius 2 is 1.96 bits per heavy atom. The molecule has 0 unspecified atom stereocenters. The number of carbonyl (C=O) groups is 1. The monoisotopic (exact) mass is 376 g/mol. The van der Waals surface area contributed by atoms with Crippen molar-refractivity contribution in [3.63, 3.8) is 0 Å². The van der Waals surface area contributed by atoms with Gasteiger partial charge in [0.15, 0.2) is 0 Å². The molecule has 0 aromatic carbocycles. The minimum absolute atomic E-state index is 0.0459. The third kappa shape index (κ3) is 3.54. The van der Waals surface area contributed by atoms with Gasteiger partial charge in [-0.1, -0.05) is 11.2 Å². The lowest BCUT2D eigenvalue weighted by Gasteiger charge is -2.32. The van der Waals surface area contributed by atoms with E-state index in [1.54, 1.807) is 6.20 Å². The number of hydrogen-bond donors (Lipinski definition) is 0. The zero-order valence-electron chi connectivity index (χ0n) is 16.5. The van der Waals surface area contributed by atoms with Gasteiger partial charge < -0.3 is 9.42 Å². The zero-order valence-corrected chi connectivity index (χ0v) is 16.5. The lowest BCUT2D eigenvalue weighted by atomic mass is 9.93. The van der Waals surface area contributed by atoms with E-state index in [9.17, 15) is 4.79 Å². The van der Waals surface area contributed by atoms with Crippen LogP contribution in [0.15, 0.2) is 41.2 Å². The van der Waals surface area contributed by atoms with Crippen molar-refractivity contribution in [3.05, 3.63) is 65.1 Å². The van der Waals surface area contributed by atoms with E-state index in [1.165, 1.54) is 0 Å². The van der Waals surface area contributed by atoms with Crippen molar-refractivity contribution in [1.29, 1.82) is 0 Å². The van der Waals surface area contributed by atoms with Crippen molar-refractivity contribution in [2.24, 2.45) is 0 Å². The molecule has 1 fully saturated rings. The summed E-state index contributed by atoms with van der Waals surface area (Å²) in [7, 11) is 0. The molecule has 1 amide bonds. The van der Waals surface area contributed by atoms with Gasteiger partial charge in [0.25, 0.3) is 5.91 Å². The molecule has 28 heavy (non-hydrogen) atoms. The van der Waals surface area contributed by atoms with Crippen LogP contribution >= 0.6 is 0 Å². The molecule has 1 saturated heterocycles. The Balaban J connectivity index is 1.50. The largest absolute Gasteiger partial charge is 0.361 e. The molecule has 0 spiro atoms. The molecule has 3 aromatic heterocycles. The van der Waals surface area contributed by atoms with Crippen LogP contribution in [0.2, 0.25) is 0 Å². The predicted octanol–water partition coefficient (Wildman–Crippen LogP) is 4.08. The third-order valence-electron chi connectivity index (χ3n) is 5.39. The number of aromatic nitrogens is 3. The molecule has 0 saturated carbocycles. The van der Waals surface area contributed by atoms with Gasteiger partial charge in [-0.15, -0.1) is 0 Å². The van der Waals surface area contributed by atoms with Gasteiger partial charge in [-0.2, -0.15) is 0 Å². The summed E-state index contributed by atoms with van der Waals surface area (Å²) >= 11 is 0. The molecule has 0 N–H and O–H groups in total. The van der Waals surface area contributed by atoms with Crippen LogP contribution in [0.25, 0.3) is 11.1 Å². The van der Waals surface area contributed by atoms with E-state index < -0.39 is 0 Å². The number of rotatable bonds is 3. The number of aryl methyl sites for hydroxylation is 3. The van der Waals surface area contributed by atoms with Crippen LogP contribution in [-0.2, 0) is 0 Å². The highest BCUT2D eigenvalue weighted by molar-refractivity contribution is 5.94. The van der Waals surface area contributed by atoms with Crippen LogP contribution < -0.4 is 0 Å². The van der Waals surface area contributed by atoms with Crippen molar-refractivity contribution >= 4 is 5.91 Å². The van der Waals surface area contributed by atoms with Crippen LogP contribution in [0.5, 0.6) is 0 Å². The molecule has 0 radical (unpaired) electrons. The zero-order chi connectivity index (χ0) is 19.7. The second kappa shape index (κ2) is 7.54. The highest BCUT2D eigenvalue weighted by atomic mass is 16.5. The number of piperidine rings is 1. The number of likely N-dealkylation sites (tertiary alicyclic amines) is 1. The Labute approximate surface area is 164 Å². The maximum absolute atomic E-state index is 12.8. The number of nitrogens with zero attached hydrogens (tertiary/aromatic N) is 4. The summed E-state index contributed by atoms with van der Waals surface area (Å²) in [4.78, 5) is 23.7. The standard InChI is InChI=1S/C22H24N4O2/c1-14-6-7-18(12-23-14)22(27)26-10-4-5-19(13-26)20-9-8-17(11-24-20)21-15(2)25-28-16(21)3/h6-9,11-12,19H,4-5,10,13H2,1-3H3/t19-/m0/s1. The molecule has 6 heteroatoms. The van der Waals surface area contributed by atoms with Gasteiger partial charge in [0.1, 0.15) is 5.76 Å². The second-order valence-corrected chi connectivity index (χ2v) is 7.45. The average molecular weight is 376 g/mol. The summed E-state index contributed by atoms with van der Waals surface area (Å²) in [5.74, 6) is 1.09. The van der Waals surface area contributed by atoms with Gasteiger partial charge in [-0.25, -0.2) is 0 Å². The van der Waals surface area contributed by atoms with E-state index in [4.69, 9.17) is 9.51 Å². The lowest BCUT2D eigenvalue weighted by molar-refractivity contribution is 0.0705. The highest BCUT2D eigenvalue weighted by Crippen LogP contribution is 2.30. The molecule has 4 rings (SSSR count). The van der Waals surface area contributed by atoms with E-state index in [-0.39, 0.29) is 11.8 Å². The van der Waals surface area contributed by atoms with Gasteiger partial charge in [-0.3, -0.25) is 14.8 Å². The predicted molar refractivity (Wildman–Crippen MR) is 106 cm³/mol. The van der Waals surface area contributed by atoms with Gasteiger partial charge in [-0.05, 0) is 51.8 Å². The highest BCUT2D eigenvalue weighted by Gasteiger charge is 2.26. The number of pyridine rings is 2. The molecule has 144 valence electrons. The number of carbonyl (C=O) groups excluding carboxylic acids is 1. The van der Waals surface area contributed by atoms with Crippen LogP contribution in [0.1, 0.15) is 52.0 Å². The Morgan fingerprint density at radius 1 is 1.11 bits per heavy atom. The first-order chi connectivity index (χ1) is 13.5. The Kier molecular flexibility index (Phi) is 4.94. The summed E-state index contributed by atoms with van der Waals surface area (Å²) in [5, 5.41) is 4.02. The summed E-state index contributed by atoms with van der Waals surface area (Å²) in [6.07, 6.45) is 5.56. The molecule has 1 aliphatic heterocycles. The molecule has 3 aromatic rings. The summed E-state index contributed by atoms with van der Waals surface area (Å²) < 4.78 is 5.26. The third-order valence-corrected chi connectivity index (χ3v) is 5.39. The minimum Gasteiger partial charge on any atom is -0.361 e. The summed E-state index contributed by atoms with van der Waals surface area (Å²) in [6, 6.07) is 7.86. The van der Waals surface area contributed by atoms with E-state index in [2.05, 4.69) is 22.3 Å². The van der Waals surface area contributed by atoms with Crippen molar-refractivity contribution in [1.82, 2.24) is 20.0 Å². The van der Waals surface area contributed by atoms with E-state index in [0.29, 0.717) is 12.1 Å². The maximum Gasteiger partial charge on any atom is 0.255 e. The van der Waals surface area contributed by atoms with Crippen molar-refractivity contribution < 1.29 is 9.32 Å². The van der Waals surface area contributed by atoms with E-state index in [0.717, 1.165) is 53.4 Å². The molecule has 1 atom stereocenters. The summed E-state index contributed by atoms with van der Waals surface area (Å²) in [6.45, 7) is 7.23. The number of hydrogen-bond acceptors (Lipinski definition) is 5. The fourth-order valence-electron chi connectivity index (χ4n) is 3.87. The molecule has 1 aliphatic rings. The van der Waals surface area contributed by atoms with Crippen LogP contribution in [0, 0.1) is 20.8 Å². The molecular formula is C22H24N4O2. The van der Waals surface area contributed by atoms with E-state index >= 15 is 0 Å². The maximum atomic E-state index is 12.8. The quantitative estimate of drug-likeness (QED) is 0.689. The normalized spacial score (nSPS) is 17.0. The minimum atomic E-state index is 0.0459. The van der Waals surface area contributed by atoms with Crippen molar-refractivity contribution in [2.45, 2.75) is 39.5 Å². The van der Waals surface area contributed by atoms with Gasteiger partial charge >= 0.3 is 0 Å². The van der Waals surface area contributed by atoms with Gasteiger partial charge in [0.2, 0.25) is 0 Å². The Bertz CT molecular complexity index is 957. The first-order valence-electron chi connectivity index (χ1n) is 9.64. The molecule has 0 aliphatic carbocycles. The van der Waals surface area contributed by atoms with Crippen molar-refractivity contribution in [2.75, 3.05) is 13.1 Å². The van der Waals surface area contributed by atoms with Crippen LogP contribution in [0.4, 0.5) is 0 Å². The molecular weight excluding hydrogens is 352 g/mol. The van der Waals surface area contributed by atoms with Crippen LogP contribution in [-0.4, -0.2) is 39.0 Å². The summed E-state index contributed by atoms with van der Waals surface area (Å²) in [5.41, 5.74) is 5.47. The van der Waals surface area contributed by atoms with Crippen molar-refractivity contribution in [3.8, 4) is 11.1 Å². The lowest BCUT2D eigenvalue weighted by Crippen LogP contribution is -2.39. The smallest absolute Gasteiger partial charge is 0.255 e.